The molecule has 39 heavy (non-hydrogen) atoms. The summed E-state index contributed by atoms with van der Waals surface area (Å²) in [6.45, 7) is 4.02. The van der Waals surface area contributed by atoms with Crippen molar-refractivity contribution in [2.75, 3.05) is 18.2 Å². The number of benzene rings is 2. The largest absolute Gasteiger partial charge is 0.478 e. The Balaban J connectivity index is 1.65. The maximum absolute atomic E-state index is 13.2. The molecule has 12 nitrogen and oxygen atoms in total. The Morgan fingerprint density at radius 1 is 0.897 bits per heavy atom. The van der Waals surface area contributed by atoms with Crippen molar-refractivity contribution in [1.82, 2.24) is 9.78 Å². The number of carboxylic acid groups (broad SMARTS) is 2. The van der Waals surface area contributed by atoms with Gasteiger partial charge in [-0.2, -0.15) is 5.01 Å². The lowest BCUT2D eigenvalue weighted by Crippen LogP contribution is -2.21. The van der Waals surface area contributed by atoms with Crippen molar-refractivity contribution < 1.29 is 34.1 Å². The van der Waals surface area contributed by atoms with Gasteiger partial charge in [0, 0.05) is 0 Å². The number of amides is 1. The zero-order valence-electron chi connectivity index (χ0n) is 21.0. The Bertz CT molecular complexity index is 1560. The van der Waals surface area contributed by atoms with Gasteiger partial charge in [-0.25, -0.2) is 14.3 Å². The molecular formula is C27H24N4O8. The molecule has 2 aromatic carbocycles. The summed E-state index contributed by atoms with van der Waals surface area (Å²) < 4.78 is 12.3. The number of rotatable bonds is 9. The normalized spacial score (nSPS) is 14.2. The smallest absolute Gasteiger partial charge is 0.335 e. The lowest BCUT2D eigenvalue weighted by Gasteiger charge is -2.10. The van der Waals surface area contributed by atoms with Gasteiger partial charge in [0.1, 0.15) is 11.1 Å². The van der Waals surface area contributed by atoms with Gasteiger partial charge in [-0.3, -0.25) is 14.7 Å². The van der Waals surface area contributed by atoms with E-state index in [-0.39, 0.29) is 47.3 Å². The van der Waals surface area contributed by atoms with Gasteiger partial charge in [-0.1, -0.05) is 6.08 Å². The second-order valence-electron chi connectivity index (χ2n) is 8.03. The topological polar surface area (TPSA) is 164 Å². The molecule has 2 heterocycles. The van der Waals surface area contributed by atoms with Crippen LogP contribution in [-0.2, 0) is 9.53 Å². The van der Waals surface area contributed by atoms with Crippen LogP contribution in [0.1, 0.15) is 40.1 Å². The average molecular weight is 533 g/mol. The molecule has 0 saturated heterocycles. The molecule has 0 unspecified atom stereocenters. The summed E-state index contributed by atoms with van der Waals surface area (Å²) in [5.41, 5.74) is 0.771. The molecule has 0 saturated carbocycles. The van der Waals surface area contributed by atoms with E-state index >= 15 is 0 Å². The fourth-order valence-corrected chi connectivity index (χ4v) is 3.71. The van der Waals surface area contributed by atoms with Crippen LogP contribution in [0.15, 0.2) is 76.2 Å². The van der Waals surface area contributed by atoms with Crippen molar-refractivity contribution in [3.63, 3.8) is 0 Å². The van der Waals surface area contributed by atoms with E-state index in [2.05, 4.69) is 10.2 Å². The van der Waals surface area contributed by atoms with E-state index in [1.165, 1.54) is 71.4 Å². The molecule has 0 aliphatic carbocycles. The average Bonchev–Trinajstić information content (AvgIpc) is 3.40. The number of aromatic amines is 1. The van der Waals surface area contributed by atoms with Crippen LogP contribution in [0.25, 0.3) is 11.8 Å². The first-order valence-corrected chi connectivity index (χ1v) is 11.8. The minimum absolute atomic E-state index is 0.0678. The van der Waals surface area contributed by atoms with Crippen molar-refractivity contribution >= 4 is 35.5 Å². The van der Waals surface area contributed by atoms with Crippen LogP contribution in [0.5, 0.6) is 5.88 Å². The molecule has 4 rings (SSSR count). The number of allylic oxidation sites excluding steroid dienone is 2. The number of nitrogens with one attached hydrogen (secondary N) is 1. The summed E-state index contributed by atoms with van der Waals surface area (Å²) in [5, 5.41) is 26.4. The second-order valence-corrected chi connectivity index (χ2v) is 8.03. The number of hydrogen-bond donors (Lipinski definition) is 3. The number of nitrogens with zero attached hydrogens (tertiary/aromatic N) is 3. The maximum Gasteiger partial charge on any atom is 0.335 e. The Kier molecular flexibility index (Phi) is 7.75. The summed E-state index contributed by atoms with van der Waals surface area (Å²) in [6, 6.07) is 11.4. The van der Waals surface area contributed by atoms with Crippen LogP contribution in [-0.4, -0.2) is 57.0 Å². The number of H-pyrrole nitrogens is 1. The second kappa shape index (κ2) is 11.3. The van der Waals surface area contributed by atoms with Crippen LogP contribution < -0.4 is 15.3 Å². The molecule has 0 atom stereocenters. The number of hydrazone groups is 1. The summed E-state index contributed by atoms with van der Waals surface area (Å²) in [4.78, 5) is 48.5. The van der Waals surface area contributed by atoms with Gasteiger partial charge < -0.3 is 19.7 Å². The van der Waals surface area contributed by atoms with Crippen molar-refractivity contribution in [3.8, 4) is 11.6 Å². The van der Waals surface area contributed by atoms with Gasteiger partial charge in [0.25, 0.3) is 11.5 Å². The third-order valence-electron chi connectivity index (χ3n) is 5.56. The number of anilines is 1. The van der Waals surface area contributed by atoms with Crippen molar-refractivity contribution in [3.05, 3.63) is 93.3 Å². The lowest BCUT2D eigenvalue weighted by molar-refractivity contribution is -0.114. The number of carbonyl (C=O) groups is 3. The minimum atomic E-state index is -1.09. The van der Waals surface area contributed by atoms with Crippen LogP contribution in [0, 0.1) is 0 Å². The highest BCUT2D eigenvalue weighted by Gasteiger charge is 2.32. The molecule has 0 spiro atoms. The molecule has 3 aromatic rings. The van der Waals surface area contributed by atoms with Crippen molar-refractivity contribution in [2.24, 2.45) is 5.10 Å². The standard InChI is InChI=1S/C27H24N4O8/c1-3-38-22-20(24(32)30(28-22)18-12-8-16(9-13-18)26(34)35)6-5-7-21-23(39-4-2)29-31(25(21)33)19-14-10-17(11-15-19)27(36)37/h5-15,28H,3-4H2,1-2H3,(H,34,35)(H,36,37). The van der Waals surface area contributed by atoms with Crippen molar-refractivity contribution in [1.29, 1.82) is 0 Å². The summed E-state index contributed by atoms with van der Waals surface area (Å²) >= 11 is 0. The molecule has 1 amide bonds. The highest BCUT2D eigenvalue weighted by molar-refractivity contribution is 6.28. The number of aromatic carboxylic acids is 2. The molecule has 1 aromatic heterocycles. The van der Waals surface area contributed by atoms with Gasteiger partial charge >= 0.3 is 11.9 Å². The van der Waals surface area contributed by atoms with Crippen LogP contribution in [0.3, 0.4) is 0 Å². The summed E-state index contributed by atoms with van der Waals surface area (Å²) in [7, 11) is 0. The third-order valence-corrected chi connectivity index (χ3v) is 5.56. The Labute approximate surface area is 221 Å². The number of carbonyl (C=O) groups excluding carboxylic acids is 1. The predicted molar refractivity (Wildman–Crippen MR) is 142 cm³/mol. The van der Waals surface area contributed by atoms with Gasteiger partial charge in [-0.05, 0) is 74.5 Å². The highest BCUT2D eigenvalue weighted by atomic mass is 16.5. The Hall–Kier alpha value is -5.39. The van der Waals surface area contributed by atoms with Crippen LogP contribution in [0.2, 0.25) is 0 Å². The zero-order chi connectivity index (χ0) is 28.1. The minimum Gasteiger partial charge on any atom is -0.478 e. The lowest BCUT2D eigenvalue weighted by atomic mass is 10.2. The first-order valence-electron chi connectivity index (χ1n) is 11.8. The fraction of sp³-hybridized carbons (Fsp3) is 0.148. The third kappa shape index (κ3) is 5.49. The van der Waals surface area contributed by atoms with Gasteiger partial charge in [0.05, 0.1) is 35.7 Å². The molecule has 12 heteroatoms. The Morgan fingerprint density at radius 2 is 1.46 bits per heavy atom. The molecule has 1 aliphatic rings. The maximum atomic E-state index is 13.2. The van der Waals surface area contributed by atoms with E-state index in [9.17, 15) is 19.2 Å². The SMILES string of the molecule is CCOC1=NN(c2ccc(C(=O)O)cc2)C(=O)C1=CC=Cc1c(OCC)[nH]n(-c2ccc(C(=O)O)cc2)c1=O. The van der Waals surface area contributed by atoms with E-state index in [0.29, 0.717) is 11.4 Å². The highest BCUT2D eigenvalue weighted by Crippen LogP contribution is 2.25. The number of carboxylic acids is 2. The molecule has 3 N–H and O–H groups in total. The van der Waals surface area contributed by atoms with E-state index in [0.717, 1.165) is 5.01 Å². The van der Waals surface area contributed by atoms with E-state index in [4.69, 9.17) is 19.7 Å². The molecule has 0 fully saturated rings. The molecule has 0 bridgehead atoms. The van der Waals surface area contributed by atoms with Crippen molar-refractivity contribution in [2.45, 2.75) is 13.8 Å². The van der Waals surface area contributed by atoms with Crippen LogP contribution >= 0.6 is 0 Å². The quantitative estimate of drug-likeness (QED) is 0.353. The van der Waals surface area contributed by atoms with Gasteiger partial charge in [0.15, 0.2) is 0 Å². The first kappa shape index (κ1) is 26.7. The number of hydrogen-bond acceptors (Lipinski definition) is 7. The first-order chi connectivity index (χ1) is 18.7. The molecule has 200 valence electrons. The van der Waals surface area contributed by atoms with Crippen LogP contribution in [0.4, 0.5) is 5.69 Å². The van der Waals surface area contributed by atoms with E-state index in [1.807, 2.05) is 0 Å². The molecule has 1 aliphatic heterocycles. The Morgan fingerprint density at radius 3 is 2.00 bits per heavy atom. The van der Waals surface area contributed by atoms with Gasteiger partial charge in [0.2, 0.25) is 11.8 Å². The van der Waals surface area contributed by atoms with E-state index < -0.39 is 23.4 Å². The molecule has 0 radical (unpaired) electrons. The van der Waals surface area contributed by atoms with Gasteiger partial charge in [-0.15, -0.1) is 5.10 Å². The monoisotopic (exact) mass is 532 g/mol. The number of aromatic nitrogens is 2. The number of ether oxygens (including phenoxy) is 2. The summed E-state index contributed by atoms with van der Waals surface area (Å²) in [5.74, 6) is -2.41. The predicted octanol–water partition coefficient (Wildman–Crippen LogP) is 3.30. The summed E-state index contributed by atoms with van der Waals surface area (Å²) in [6.07, 6.45) is 4.42. The zero-order valence-corrected chi connectivity index (χ0v) is 21.0. The van der Waals surface area contributed by atoms with E-state index in [1.54, 1.807) is 13.8 Å². The fourth-order valence-electron chi connectivity index (χ4n) is 3.71. The molecular weight excluding hydrogens is 508 g/mol.